The van der Waals surface area contributed by atoms with Gasteiger partial charge in [0.15, 0.2) is 0 Å². The fraction of sp³-hybridized carbons (Fsp3) is 0.154. The van der Waals surface area contributed by atoms with E-state index in [0.29, 0.717) is 6.42 Å². The molecular formula is C13H12O2. The summed E-state index contributed by atoms with van der Waals surface area (Å²) in [5.74, 6) is 1.65. The van der Waals surface area contributed by atoms with Crippen LogP contribution in [0.4, 0.5) is 0 Å². The zero-order chi connectivity index (χ0) is 10.7. The molecule has 1 heterocycles. The van der Waals surface area contributed by atoms with E-state index in [0.717, 1.165) is 17.1 Å². The van der Waals surface area contributed by atoms with Crippen molar-refractivity contribution in [2.75, 3.05) is 0 Å². The average molecular weight is 200 g/mol. The van der Waals surface area contributed by atoms with Gasteiger partial charge in [-0.05, 0) is 19.1 Å². The first kappa shape index (κ1) is 9.71. The Morgan fingerprint density at radius 3 is 2.53 bits per heavy atom. The molecule has 0 saturated carbocycles. The highest BCUT2D eigenvalue weighted by atomic mass is 16.3. The first-order chi connectivity index (χ1) is 7.25. The Bertz CT molecular complexity index is 454. The molecule has 0 saturated heterocycles. The predicted octanol–water partition coefficient (Wildman–Crippen LogP) is 3.08. The second-order valence-electron chi connectivity index (χ2n) is 3.51. The predicted molar refractivity (Wildman–Crippen MR) is 58.5 cm³/mol. The molecule has 2 nitrogen and oxygen atoms in total. The van der Waals surface area contributed by atoms with E-state index in [1.165, 1.54) is 0 Å². The highest BCUT2D eigenvalue weighted by molar-refractivity contribution is 5.77. The van der Waals surface area contributed by atoms with Crippen LogP contribution in [0.1, 0.15) is 12.7 Å². The molecule has 76 valence electrons. The molecule has 2 heteroatoms. The Kier molecular flexibility index (Phi) is 2.68. The molecule has 1 aromatic heterocycles. The number of carbonyl (C=O) groups excluding carboxylic acids is 1. The smallest absolute Gasteiger partial charge is 0.137 e. The summed E-state index contributed by atoms with van der Waals surface area (Å²) >= 11 is 0. The van der Waals surface area contributed by atoms with Crippen LogP contribution in [0.15, 0.2) is 46.9 Å². The normalized spacial score (nSPS) is 10.2. The van der Waals surface area contributed by atoms with E-state index in [-0.39, 0.29) is 5.78 Å². The standard InChI is InChI=1S/C13H12O2/c1-10(14)9-12-7-8-13(15-12)11-5-3-2-4-6-11/h2-8H,9H2,1H3. The van der Waals surface area contributed by atoms with Crippen LogP contribution < -0.4 is 0 Å². The largest absolute Gasteiger partial charge is 0.461 e. The molecule has 2 rings (SSSR count). The number of furan rings is 1. The molecule has 1 aromatic carbocycles. The van der Waals surface area contributed by atoms with Crippen LogP contribution in [0.5, 0.6) is 0 Å². The van der Waals surface area contributed by atoms with Crippen molar-refractivity contribution in [3.63, 3.8) is 0 Å². The maximum absolute atomic E-state index is 10.9. The minimum atomic E-state index is 0.115. The van der Waals surface area contributed by atoms with E-state index < -0.39 is 0 Å². The molecular weight excluding hydrogens is 188 g/mol. The minimum Gasteiger partial charge on any atom is -0.461 e. The third kappa shape index (κ3) is 2.34. The monoisotopic (exact) mass is 200 g/mol. The van der Waals surface area contributed by atoms with Gasteiger partial charge >= 0.3 is 0 Å². The lowest BCUT2D eigenvalue weighted by Crippen LogP contribution is -1.93. The molecule has 0 N–H and O–H groups in total. The topological polar surface area (TPSA) is 30.2 Å². The summed E-state index contributed by atoms with van der Waals surface area (Å²) < 4.78 is 5.56. The summed E-state index contributed by atoms with van der Waals surface area (Å²) in [6.45, 7) is 1.56. The van der Waals surface area contributed by atoms with E-state index in [1.54, 1.807) is 6.92 Å². The third-order valence-corrected chi connectivity index (χ3v) is 2.14. The number of hydrogen-bond donors (Lipinski definition) is 0. The van der Waals surface area contributed by atoms with Crippen molar-refractivity contribution in [1.82, 2.24) is 0 Å². The fourth-order valence-corrected chi connectivity index (χ4v) is 1.48. The van der Waals surface area contributed by atoms with Gasteiger partial charge in [0, 0.05) is 5.56 Å². The minimum absolute atomic E-state index is 0.115. The third-order valence-electron chi connectivity index (χ3n) is 2.14. The SMILES string of the molecule is CC(=O)Cc1ccc(-c2ccccc2)o1. The van der Waals surface area contributed by atoms with Gasteiger partial charge in [0.2, 0.25) is 0 Å². The Balaban J connectivity index is 2.24. The Labute approximate surface area is 88.5 Å². The molecule has 15 heavy (non-hydrogen) atoms. The lowest BCUT2D eigenvalue weighted by Gasteiger charge is -1.95. The summed E-state index contributed by atoms with van der Waals surface area (Å²) in [6.07, 6.45) is 0.368. The molecule has 0 fully saturated rings. The zero-order valence-corrected chi connectivity index (χ0v) is 8.57. The summed E-state index contributed by atoms with van der Waals surface area (Å²) in [7, 11) is 0. The molecule has 0 bridgehead atoms. The van der Waals surface area contributed by atoms with Crippen LogP contribution in [0.25, 0.3) is 11.3 Å². The van der Waals surface area contributed by atoms with Gasteiger partial charge in [-0.3, -0.25) is 4.79 Å². The second-order valence-corrected chi connectivity index (χ2v) is 3.51. The molecule has 0 unspecified atom stereocenters. The van der Waals surface area contributed by atoms with Crippen LogP contribution in [0.3, 0.4) is 0 Å². The highest BCUT2D eigenvalue weighted by Crippen LogP contribution is 2.21. The average Bonchev–Trinajstić information content (AvgIpc) is 2.67. The quantitative estimate of drug-likeness (QED) is 0.762. The van der Waals surface area contributed by atoms with Crippen molar-refractivity contribution in [3.05, 3.63) is 48.2 Å². The number of Topliss-reactive ketones (excluding diaryl/α,β-unsaturated/α-hetero) is 1. The lowest BCUT2D eigenvalue weighted by molar-refractivity contribution is -0.116. The number of carbonyl (C=O) groups is 1. The molecule has 0 aliphatic rings. The molecule has 0 amide bonds. The molecule has 0 aliphatic carbocycles. The van der Waals surface area contributed by atoms with Crippen molar-refractivity contribution in [1.29, 1.82) is 0 Å². The van der Waals surface area contributed by atoms with Gasteiger partial charge in [0.05, 0.1) is 6.42 Å². The van der Waals surface area contributed by atoms with Crippen molar-refractivity contribution in [3.8, 4) is 11.3 Å². The van der Waals surface area contributed by atoms with Crippen molar-refractivity contribution >= 4 is 5.78 Å². The summed E-state index contributed by atoms with van der Waals surface area (Å²) in [5, 5.41) is 0. The van der Waals surface area contributed by atoms with Crippen LogP contribution in [0, 0.1) is 0 Å². The summed E-state index contributed by atoms with van der Waals surface area (Å²) in [6, 6.07) is 13.6. The molecule has 0 atom stereocenters. The van der Waals surface area contributed by atoms with Gasteiger partial charge in [0.25, 0.3) is 0 Å². The summed E-state index contributed by atoms with van der Waals surface area (Å²) in [4.78, 5) is 10.9. The number of ketones is 1. The van der Waals surface area contributed by atoms with Crippen LogP contribution in [-0.4, -0.2) is 5.78 Å². The van der Waals surface area contributed by atoms with Crippen molar-refractivity contribution in [2.45, 2.75) is 13.3 Å². The Morgan fingerprint density at radius 1 is 1.13 bits per heavy atom. The summed E-state index contributed by atoms with van der Waals surface area (Å²) in [5.41, 5.74) is 1.03. The van der Waals surface area contributed by atoms with Crippen molar-refractivity contribution in [2.24, 2.45) is 0 Å². The van der Waals surface area contributed by atoms with E-state index in [1.807, 2.05) is 42.5 Å². The van der Waals surface area contributed by atoms with E-state index in [2.05, 4.69) is 0 Å². The van der Waals surface area contributed by atoms with Gasteiger partial charge in [-0.1, -0.05) is 30.3 Å². The Morgan fingerprint density at radius 2 is 1.87 bits per heavy atom. The number of hydrogen-bond acceptors (Lipinski definition) is 2. The second kappa shape index (κ2) is 4.13. The first-order valence-electron chi connectivity index (χ1n) is 4.89. The van der Waals surface area contributed by atoms with Crippen LogP contribution in [0.2, 0.25) is 0 Å². The molecule has 0 spiro atoms. The fourth-order valence-electron chi connectivity index (χ4n) is 1.48. The number of rotatable bonds is 3. The maximum atomic E-state index is 10.9. The molecule has 0 aliphatic heterocycles. The van der Waals surface area contributed by atoms with Crippen LogP contribution in [-0.2, 0) is 11.2 Å². The van der Waals surface area contributed by atoms with E-state index in [4.69, 9.17) is 4.42 Å². The van der Waals surface area contributed by atoms with Gasteiger partial charge in [-0.25, -0.2) is 0 Å². The van der Waals surface area contributed by atoms with E-state index in [9.17, 15) is 4.79 Å². The van der Waals surface area contributed by atoms with E-state index >= 15 is 0 Å². The first-order valence-corrected chi connectivity index (χ1v) is 4.89. The maximum Gasteiger partial charge on any atom is 0.137 e. The van der Waals surface area contributed by atoms with Crippen molar-refractivity contribution < 1.29 is 9.21 Å². The molecule has 2 aromatic rings. The number of benzene rings is 1. The highest BCUT2D eigenvalue weighted by Gasteiger charge is 2.05. The van der Waals surface area contributed by atoms with Gasteiger partial charge in [-0.2, -0.15) is 0 Å². The molecule has 0 radical (unpaired) electrons. The van der Waals surface area contributed by atoms with Gasteiger partial charge < -0.3 is 4.42 Å². The lowest BCUT2D eigenvalue weighted by atomic mass is 10.2. The van der Waals surface area contributed by atoms with Crippen LogP contribution >= 0.6 is 0 Å². The van der Waals surface area contributed by atoms with Gasteiger partial charge in [0.1, 0.15) is 17.3 Å². The zero-order valence-electron chi connectivity index (χ0n) is 8.57. The van der Waals surface area contributed by atoms with Gasteiger partial charge in [-0.15, -0.1) is 0 Å². The Hall–Kier alpha value is -1.83.